The van der Waals surface area contributed by atoms with Crippen LogP contribution in [0.1, 0.15) is 43.7 Å². The van der Waals surface area contributed by atoms with Gasteiger partial charge < -0.3 is 4.74 Å². The number of carbonyl (C=O) groups is 1. The van der Waals surface area contributed by atoms with Crippen molar-refractivity contribution in [1.82, 2.24) is 0 Å². The monoisotopic (exact) mass is 270 g/mol. The lowest BCUT2D eigenvalue weighted by molar-refractivity contribution is -0.115. The van der Waals surface area contributed by atoms with Crippen LogP contribution in [-0.4, -0.2) is 12.9 Å². The van der Waals surface area contributed by atoms with Crippen molar-refractivity contribution in [3.8, 4) is 5.75 Å². The molecule has 0 bridgehead atoms. The summed E-state index contributed by atoms with van der Waals surface area (Å²) in [6.07, 6.45) is 8.07. The van der Waals surface area contributed by atoms with Crippen LogP contribution in [0.2, 0.25) is 0 Å². The van der Waals surface area contributed by atoms with Gasteiger partial charge in [0.25, 0.3) is 0 Å². The number of allylic oxidation sites excluding steroid dienone is 4. The molecule has 20 heavy (non-hydrogen) atoms. The third-order valence-electron chi connectivity index (χ3n) is 3.69. The van der Waals surface area contributed by atoms with E-state index in [2.05, 4.69) is 26.0 Å². The molecule has 1 aliphatic rings. The van der Waals surface area contributed by atoms with Gasteiger partial charge in [-0.05, 0) is 41.5 Å². The number of hydrogen-bond acceptors (Lipinski definition) is 2. The van der Waals surface area contributed by atoms with Gasteiger partial charge in [-0.15, -0.1) is 0 Å². The van der Waals surface area contributed by atoms with Crippen LogP contribution >= 0.6 is 0 Å². The molecule has 0 atom stereocenters. The first kappa shape index (κ1) is 14.6. The molecule has 0 fully saturated rings. The van der Waals surface area contributed by atoms with Crippen LogP contribution in [0.3, 0.4) is 0 Å². The minimum Gasteiger partial charge on any atom is -0.496 e. The van der Waals surface area contributed by atoms with Gasteiger partial charge in [-0.2, -0.15) is 0 Å². The molecule has 0 amide bonds. The molecule has 0 radical (unpaired) electrons. The second-order valence-corrected chi connectivity index (χ2v) is 5.48. The van der Waals surface area contributed by atoms with Gasteiger partial charge >= 0.3 is 0 Å². The zero-order valence-electron chi connectivity index (χ0n) is 12.5. The Morgan fingerprint density at radius 2 is 2.15 bits per heavy atom. The maximum atomic E-state index is 12.0. The number of aryl methyl sites for hydroxylation is 1. The summed E-state index contributed by atoms with van der Waals surface area (Å²) in [4.78, 5) is 12.0. The van der Waals surface area contributed by atoms with Crippen LogP contribution in [0.25, 0.3) is 0 Å². The predicted molar refractivity (Wildman–Crippen MR) is 82.3 cm³/mol. The summed E-state index contributed by atoms with van der Waals surface area (Å²) in [7, 11) is 1.70. The average molecular weight is 270 g/mol. The van der Waals surface area contributed by atoms with E-state index < -0.39 is 0 Å². The second kappa shape index (κ2) is 6.56. The van der Waals surface area contributed by atoms with Crippen LogP contribution in [0.15, 0.2) is 42.0 Å². The number of rotatable bonds is 6. The lowest BCUT2D eigenvalue weighted by Gasteiger charge is -2.13. The summed E-state index contributed by atoms with van der Waals surface area (Å²) in [6.45, 7) is 4.31. The van der Waals surface area contributed by atoms with Crippen molar-refractivity contribution in [2.75, 3.05) is 7.11 Å². The third-order valence-corrected chi connectivity index (χ3v) is 3.69. The largest absolute Gasteiger partial charge is 0.496 e. The van der Waals surface area contributed by atoms with Crippen molar-refractivity contribution in [3.05, 3.63) is 53.1 Å². The van der Waals surface area contributed by atoms with E-state index in [4.69, 9.17) is 4.74 Å². The standard InChI is InChI=1S/C18H22O2/c1-13(2)16-12-14(9-11-18(16)20-3)8-10-17(19)15-6-4-5-7-15/h4-6,9,11-13H,7-8,10H2,1-3H3. The molecule has 2 nitrogen and oxygen atoms in total. The van der Waals surface area contributed by atoms with Gasteiger partial charge in [0, 0.05) is 6.42 Å². The Bertz CT molecular complexity index is 551. The van der Waals surface area contributed by atoms with E-state index in [0.717, 1.165) is 24.2 Å². The molecule has 1 aliphatic carbocycles. The molecule has 0 spiro atoms. The number of benzene rings is 1. The lowest BCUT2D eigenvalue weighted by atomic mass is 9.96. The van der Waals surface area contributed by atoms with Crippen molar-refractivity contribution in [2.45, 2.75) is 39.0 Å². The molecule has 0 aliphatic heterocycles. The molecule has 0 heterocycles. The van der Waals surface area contributed by atoms with Crippen molar-refractivity contribution >= 4 is 5.78 Å². The Labute approximate surface area is 121 Å². The summed E-state index contributed by atoms with van der Waals surface area (Å²) in [5.74, 6) is 1.61. The SMILES string of the molecule is COc1ccc(CCC(=O)C2=CC=CC2)cc1C(C)C. The second-order valence-electron chi connectivity index (χ2n) is 5.48. The van der Waals surface area contributed by atoms with E-state index in [1.807, 2.05) is 24.3 Å². The quantitative estimate of drug-likeness (QED) is 0.774. The highest BCUT2D eigenvalue weighted by Gasteiger charge is 2.12. The lowest BCUT2D eigenvalue weighted by Crippen LogP contribution is -2.03. The fourth-order valence-corrected chi connectivity index (χ4v) is 2.46. The van der Waals surface area contributed by atoms with E-state index >= 15 is 0 Å². The summed E-state index contributed by atoms with van der Waals surface area (Å²) < 4.78 is 5.38. The molecule has 1 aromatic rings. The molecule has 2 rings (SSSR count). The van der Waals surface area contributed by atoms with Gasteiger partial charge in [-0.25, -0.2) is 0 Å². The fraction of sp³-hybridized carbons (Fsp3) is 0.389. The highest BCUT2D eigenvalue weighted by molar-refractivity contribution is 5.96. The fourth-order valence-electron chi connectivity index (χ4n) is 2.46. The maximum absolute atomic E-state index is 12.0. The topological polar surface area (TPSA) is 26.3 Å². The van der Waals surface area contributed by atoms with Crippen LogP contribution < -0.4 is 4.74 Å². The maximum Gasteiger partial charge on any atom is 0.159 e. The summed E-state index contributed by atoms with van der Waals surface area (Å²) in [5.41, 5.74) is 3.34. The number of carbonyl (C=O) groups excluding carboxylic acids is 1. The molecule has 2 heteroatoms. The smallest absolute Gasteiger partial charge is 0.159 e. The third kappa shape index (κ3) is 3.38. The van der Waals surface area contributed by atoms with E-state index in [1.165, 1.54) is 11.1 Å². The van der Waals surface area contributed by atoms with Gasteiger partial charge in [-0.1, -0.05) is 44.2 Å². The molecule has 1 aromatic carbocycles. The average Bonchev–Trinajstić information content (AvgIpc) is 2.98. The Balaban J connectivity index is 2.02. The Kier molecular flexibility index (Phi) is 4.78. The van der Waals surface area contributed by atoms with E-state index in [-0.39, 0.29) is 5.78 Å². The summed E-state index contributed by atoms with van der Waals surface area (Å²) in [5, 5.41) is 0. The number of ketones is 1. The van der Waals surface area contributed by atoms with Crippen LogP contribution in [-0.2, 0) is 11.2 Å². The molecule has 0 saturated heterocycles. The van der Waals surface area contributed by atoms with Crippen molar-refractivity contribution in [3.63, 3.8) is 0 Å². The zero-order valence-corrected chi connectivity index (χ0v) is 12.5. The van der Waals surface area contributed by atoms with Crippen molar-refractivity contribution < 1.29 is 9.53 Å². The molecular weight excluding hydrogens is 248 g/mol. The molecule has 106 valence electrons. The van der Waals surface area contributed by atoms with Crippen LogP contribution in [0, 0.1) is 0 Å². The van der Waals surface area contributed by atoms with E-state index in [9.17, 15) is 4.79 Å². The first-order valence-electron chi connectivity index (χ1n) is 7.17. The number of Topliss-reactive ketones (excluding diaryl/α,β-unsaturated/α-hetero) is 1. The Morgan fingerprint density at radius 1 is 1.35 bits per heavy atom. The van der Waals surface area contributed by atoms with Crippen molar-refractivity contribution in [2.24, 2.45) is 0 Å². The number of methoxy groups -OCH3 is 1. The molecule has 0 N–H and O–H groups in total. The van der Waals surface area contributed by atoms with E-state index in [1.54, 1.807) is 7.11 Å². The van der Waals surface area contributed by atoms with Gasteiger partial charge in [0.2, 0.25) is 0 Å². The van der Waals surface area contributed by atoms with Crippen LogP contribution in [0.4, 0.5) is 0 Å². The molecule has 0 aromatic heterocycles. The van der Waals surface area contributed by atoms with Gasteiger partial charge in [0.1, 0.15) is 5.75 Å². The molecule has 0 unspecified atom stereocenters. The summed E-state index contributed by atoms with van der Waals surface area (Å²) in [6, 6.07) is 6.23. The van der Waals surface area contributed by atoms with E-state index in [0.29, 0.717) is 12.3 Å². The first-order chi connectivity index (χ1) is 9.61. The highest BCUT2D eigenvalue weighted by atomic mass is 16.5. The van der Waals surface area contributed by atoms with Crippen molar-refractivity contribution in [1.29, 1.82) is 0 Å². The zero-order chi connectivity index (χ0) is 14.5. The number of hydrogen-bond donors (Lipinski definition) is 0. The van der Waals surface area contributed by atoms with Gasteiger partial charge in [-0.3, -0.25) is 4.79 Å². The normalized spacial score (nSPS) is 13.7. The highest BCUT2D eigenvalue weighted by Crippen LogP contribution is 2.28. The Hall–Kier alpha value is -1.83. The minimum absolute atomic E-state index is 0.261. The van der Waals surface area contributed by atoms with Crippen LogP contribution in [0.5, 0.6) is 5.75 Å². The first-order valence-corrected chi connectivity index (χ1v) is 7.17. The molecule has 0 saturated carbocycles. The molecular formula is C18H22O2. The summed E-state index contributed by atoms with van der Waals surface area (Å²) >= 11 is 0. The minimum atomic E-state index is 0.261. The van der Waals surface area contributed by atoms with Gasteiger partial charge in [0.05, 0.1) is 7.11 Å². The Morgan fingerprint density at radius 3 is 2.75 bits per heavy atom. The predicted octanol–water partition coefficient (Wildman–Crippen LogP) is 4.21. The number of ether oxygens (including phenoxy) is 1. The van der Waals surface area contributed by atoms with Gasteiger partial charge in [0.15, 0.2) is 5.78 Å².